The Balaban J connectivity index is 1.77. The van der Waals surface area contributed by atoms with Gasteiger partial charge >= 0.3 is 0 Å². The number of hydrogen-bond acceptors (Lipinski definition) is 3. The molecule has 0 radical (unpaired) electrons. The molecule has 4 aromatic rings. The van der Waals surface area contributed by atoms with Crippen LogP contribution in [0.3, 0.4) is 0 Å². The largest absolute Gasteiger partial charge is 0.327 e. The molecule has 2 aromatic heterocycles. The van der Waals surface area contributed by atoms with Crippen molar-refractivity contribution in [3.63, 3.8) is 0 Å². The second-order valence-corrected chi connectivity index (χ2v) is 7.33. The average molecular weight is 440 g/mol. The highest BCUT2D eigenvalue weighted by Crippen LogP contribution is 2.26. The molecular weight excluding hydrogens is 421 g/mol. The standard InChI is InChI=1S/C21H19BrFN5/c1-3-28-19-7-4-14(12-24-2)10-18(19)26-20(28)13-27-9-8-25-21(27)16-11-15(22)5-6-17(16)23/h4-12H,3,13H2,1-2H3. The number of fused-ring (bicyclic) bond motifs is 1. The Kier molecular flexibility index (Phi) is 5.09. The molecule has 0 aliphatic rings. The third kappa shape index (κ3) is 3.38. The van der Waals surface area contributed by atoms with Gasteiger partial charge in [0, 0.05) is 36.7 Å². The summed E-state index contributed by atoms with van der Waals surface area (Å²) in [5, 5.41) is 0. The van der Waals surface area contributed by atoms with Gasteiger partial charge in [-0.3, -0.25) is 4.99 Å². The molecule has 0 bridgehead atoms. The number of aromatic nitrogens is 4. The lowest BCUT2D eigenvalue weighted by atomic mass is 10.2. The summed E-state index contributed by atoms with van der Waals surface area (Å²) in [4.78, 5) is 13.3. The Morgan fingerprint density at radius 2 is 2.07 bits per heavy atom. The maximum atomic E-state index is 14.4. The van der Waals surface area contributed by atoms with Crippen LogP contribution in [0.25, 0.3) is 22.4 Å². The highest BCUT2D eigenvalue weighted by Gasteiger charge is 2.15. The van der Waals surface area contributed by atoms with Crippen molar-refractivity contribution in [2.24, 2.45) is 4.99 Å². The van der Waals surface area contributed by atoms with Crippen LogP contribution in [0.1, 0.15) is 18.3 Å². The fourth-order valence-corrected chi connectivity index (χ4v) is 3.76. The summed E-state index contributed by atoms with van der Waals surface area (Å²) >= 11 is 3.41. The Hall–Kier alpha value is -2.80. The van der Waals surface area contributed by atoms with Gasteiger partial charge in [0.25, 0.3) is 0 Å². The fourth-order valence-electron chi connectivity index (χ4n) is 3.40. The van der Waals surface area contributed by atoms with Crippen LogP contribution in [0.5, 0.6) is 0 Å². The number of aryl methyl sites for hydroxylation is 1. The first-order valence-corrected chi connectivity index (χ1v) is 9.78. The summed E-state index contributed by atoms with van der Waals surface area (Å²) in [6.45, 7) is 3.39. The minimum atomic E-state index is -0.303. The van der Waals surface area contributed by atoms with E-state index < -0.39 is 0 Å². The van der Waals surface area contributed by atoms with Crippen LogP contribution in [0.15, 0.2) is 58.3 Å². The van der Waals surface area contributed by atoms with E-state index in [-0.39, 0.29) is 5.82 Å². The Labute approximate surface area is 170 Å². The lowest BCUT2D eigenvalue weighted by molar-refractivity contribution is 0.624. The van der Waals surface area contributed by atoms with Crippen molar-refractivity contribution in [2.75, 3.05) is 7.05 Å². The van der Waals surface area contributed by atoms with Crippen LogP contribution in [-0.4, -0.2) is 32.4 Å². The van der Waals surface area contributed by atoms with Crippen LogP contribution in [0.4, 0.5) is 4.39 Å². The van der Waals surface area contributed by atoms with Gasteiger partial charge in [0.15, 0.2) is 0 Å². The van der Waals surface area contributed by atoms with Crippen LogP contribution in [0.2, 0.25) is 0 Å². The molecule has 0 aliphatic carbocycles. The summed E-state index contributed by atoms with van der Waals surface area (Å²) in [5.41, 5.74) is 3.47. The summed E-state index contributed by atoms with van der Waals surface area (Å²) < 4.78 is 19.3. The molecule has 0 spiro atoms. The van der Waals surface area contributed by atoms with Crippen molar-refractivity contribution in [1.29, 1.82) is 0 Å². The normalized spacial score (nSPS) is 11.7. The van der Waals surface area contributed by atoms with Gasteiger partial charge < -0.3 is 9.13 Å². The van der Waals surface area contributed by atoms with E-state index in [0.717, 1.165) is 33.4 Å². The predicted molar refractivity (Wildman–Crippen MR) is 113 cm³/mol. The number of halogens is 2. The topological polar surface area (TPSA) is 48.0 Å². The molecule has 0 unspecified atom stereocenters. The smallest absolute Gasteiger partial charge is 0.143 e. The SMILES string of the molecule is CCn1c(Cn2ccnc2-c2cc(Br)ccc2F)nc2cc(C=NC)ccc21. The maximum absolute atomic E-state index is 14.4. The van der Waals surface area contributed by atoms with Gasteiger partial charge in [-0.1, -0.05) is 22.0 Å². The van der Waals surface area contributed by atoms with Gasteiger partial charge in [0.1, 0.15) is 17.5 Å². The molecule has 0 amide bonds. The number of hydrogen-bond donors (Lipinski definition) is 0. The van der Waals surface area contributed by atoms with E-state index in [1.807, 2.05) is 29.1 Å². The van der Waals surface area contributed by atoms with Gasteiger partial charge in [-0.25, -0.2) is 14.4 Å². The average Bonchev–Trinajstić information content (AvgIpc) is 3.27. The molecule has 0 N–H and O–H groups in total. The van der Waals surface area contributed by atoms with Crippen molar-refractivity contribution < 1.29 is 4.39 Å². The minimum Gasteiger partial charge on any atom is -0.327 e. The molecule has 2 heterocycles. The molecule has 142 valence electrons. The summed E-state index contributed by atoms with van der Waals surface area (Å²) in [5.74, 6) is 1.17. The van der Waals surface area contributed by atoms with E-state index in [1.165, 1.54) is 6.07 Å². The molecule has 28 heavy (non-hydrogen) atoms. The fraction of sp³-hybridized carbons (Fsp3) is 0.190. The van der Waals surface area contributed by atoms with Gasteiger partial charge in [0.2, 0.25) is 0 Å². The van der Waals surface area contributed by atoms with E-state index in [1.54, 1.807) is 25.4 Å². The van der Waals surface area contributed by atoms with Crippen molar-refractivity contribution in [3.8, 4) is 11.4 Å². The van der Waals surface area contributed by atoms with Gasteiger partial charge in [-0.15, -0.1) is 0 Å². The molecule has 7 heteroatoms. The first-order chi connectivity index (χ1) is 13.6. The lowest BCUT2D eigenvalue weighted by Crippen LogP contribution is -2.09. The molecule has 2 aromatic carbocycles. The predicted octanol–water partition coefficient (Wildman–Crippen LogP) is 4.92. The first-order valence-electron chi connectivity index (χ1n) is 8.98. The second-order valence-electron chi connectivity index (χ2n) is 6.41. The number of imidazole rings is 2. The molecule has 5 nitrogen and oxygen atoms in total. The molecule has 4 rings (SSSR count). The van der Waals surface area contributed by atoms with Crippen molar-refractivity contribution in [3.05, 3.63) is 70.5 Å². The summed E-state index contributed by atoms with van der Waals surface area (Å²) in [6, 6.07) is 11.0. The van der Waals surface area contributed by atoms with E-state index in [2.05, 4.69) is 43.5 Å². The monoisotopic (exact) mass is 439 g/mol. The van der Waals surface area contributed by atoms with E-state index >= 15 is 0 Å². The van der Waals surface area contributed by atoms with Crippen LogP contribution >= 0.6 is 15.9 Å². The number of rotatable bonds is 5. The van der Waals surface area contributed by atoms with Gasteiger partial charge in [0.05, 0.1) is 23.1 Å². The van der Waals surface area contributed by atoms with E-state index in [0.29, 0.717) is 17.9 Å². The van der Waals surface area contributed by atoms with Gasteiger partial charge in [-0.2, -0.15) is 0 Å². The van der Waals surface area contributed by atoms with Gasteiger partial charge in [-0.05, 0) is 42.8 Å². The van der Waals surface area contributed by atoms with Crippen LogP contribution < -0.4 is 0 Å². The molecule has 0 fully saturated rings. The second kappa shape index (κ2) is 7.67. The third-order valence-electron chi connectivity index (χ3n) is 4.64. The number of nitrogens with zero attached hydrogens (tertiary/aromatic N) is 5. The lowest BCUT2D eigenvalue weighted by Gasteiger charge is -2.10. The van der Waals surface area contributed by atoms with Crippen LogP contribution in [-0.2, 0) is 13.1 Å². The van der Waals surface area contributed by atoms with E-state index in [4.69, 9.17) is 4.98 Å². The summed E-state index contributed by atoms with van der Waals surface area (Å²) in [6.07, 6.45) is 5.35. The zero-order valence-corrected chi connectivity index (χ0v) is 17.2. The quantitative estimate of drug-likeness (QED) is 0.414. The number of aliphatic imine (C=N–C) groups is 1. The molecular formula is C21H19BrFN5. The highest BCUT2D eigenvalue weighted by molar-refractivity contribution is 9.10. The van der Waals surface area contributed by atoms with Crippen molar-refractivity contribution in [2.45, 2.75) is 20.0 Å². The van der Waals surface area contributed by atoms with Crippen molar-refractivity contribution in [1.82, 2.24) is 19.1 Å². The first kappa shape index (κ1) is 18.6. The van der Waals surface area contributed by atoms with Crippen LogP contribution in [0, 0.1) is 5.82 Å². The maximum Gasteiger partial charge on any atom is 0.143 e. The Morgan fingerprint density at radius 3 is 2.86 bits per heavy atom. The zero-order chi connectivity index (χ0) is 19.7. The molecule has 0 saturated heterocycles. The molecule has 0 aliphatic heterocycles. The highest BCUT2D eigenvalue weighted by atomic mass is 79.9. The van der Waals surface area contributed by atoms with Crippen molar-refractivity contribution >= 4 is 33.2 Å². The zero-order valence-electron chi connectivity index (χ0n) is 15.6. The Bertz CT molecular complexity index is 1170. The third-order valence-corrected chi connectivity index (χ3v) is 5.14. The summed E-state index contributed by atoms with van der Waals surface area (Å²) in [7, 11) is 1.75. The molecule has 0 atom stereocenters. The number of benzene rings is 2. The minimum absolute atomic E-state index is 0.303. The van der Waals surface area contributed by atoms with E-state index in [9.17, 15) is 4.39 Å². The molecule has 0 saturated carbocycles. The Morgan fingerprint density at radius 1 is 1.21 bits per heavy atom.